The van der Waals surface area contributed by atoms with E-state index in [0.29, 0.717) is 13.1 Å². The molecule has 0 atom stereocenters. The second kappa shape index (κ2) is 4.42. The third-order valence-electron chi connectivity index (χ3n) is 3.46. The molecule has 0 unspecified atom stereocenters. The Morgan fingerprint density at radius 3 is 2.42 bits per heavy atom. The van der Waals surface area contributed by atoms with Crippen LogP contribution in [-0.4, -0.2) is 18.7 Å². The summed E-state index contributed by atoms with van der Waals surface area (Å²) in [5.74, 6) is 0.876. The molecule has 3 aromatic rings. The average Bonchev–Trinajstić information content (AvgIpc) is 2.93. The zero-order valence-electron chi connectivity index (χ0n) is 11.1. The Balaban J connectivity index is 2.21. The number of para-hydroxylation sites is 2. The second-order valence-corrected chi connectivity index (χ2v) is 4.56. The van der Waals surface area contributed by atoms with Gasteiger partial charge in [0, 0.05) is 26.0 Å². The Morgan fingerprint density at radius 1 is 1.16 bits per heavy atom. The number of hydrogen-bond acceptors (Lipinski definition) is 2. The van der Waals surface area contributed by atoms with E-state index >= 15 is 0 Å². The SMILES string of the molecule is CCn1c(=O)n(Cc2nccn2C)c2ccccc21. The van der Waals surface area contributed by atoms with Crippen LogP contribution in [0.15, 0.2) is 41.5 Å². The van der Waals surface area contributed by atoms with Gasteiger partial charge in [0.15, 0.2) is 0 Å². The molecule has 0 saturated carbocycles. The van der Waals surface area contributed by atoms with Gasteiger partial charge in [-0.05, 0) is 19.1 Å². The van der Waals surface area contributed by atoms with Crippen LogP contribution in [0.4, 0.5) is 0 Å². The van der Waals surface area contributed by atoms with E-state index in [1.807, 2.05) is 49.0 Å². The van der Waals surface area contributed by atoms with Crippen molar-refractivity contribution in [3.63, 3.8) is 0 Å². The van der Waals surface area contributed by atoms with Gasteiger partial charge in [-0.3, -0.25) is 9.13 Å². The van der Waals surface area contributed by atoms with E-state index in [1.54, 1.807) is 15.3 Å². The van der Waals surface area contributed by atoms with Gasteiger partial charge in [-0.15, -0.1) is 0 Å². The summed E-state index contributed by atoms with van der Waals surface area (Å²) in [5.41, 5.74) is 1.95. The molecule has 98 valence electrons. The topological polar surface area (TPSA) is 44.8 Å². The van der Waals surface area contributed by atoms with Crippen molar-refractivity contribution in [2.24, 2.45) is 7.05 Å². The van der Waals surface area contributed by atoms with Gasteiger partial charge in [0.25, 0.3) is 0 Å². The van der Waals surface area contributed by atoms with Crippen LogP contribution in [0.3, 0.4) is 0 Å². The van der Waals surface area contributed by atoms with Crippen molar-refractivity contribution in [1.82, 2.24) is 18.7 Å². The van der Waals surface area contributed by atoms with Crippen LogP contribution in [-0.2, 0) is 20.1 Å². The van der Waals surface area contributed by atoms with Crippen LogP contribution in [0.25, 0.3) is 11.0 Å². The third-order valence-corrected chi connectivity index (χ3v) is 3.46. The van der Waals surface area contributed by atoms with Gasteiger partial charge >= 0.3 is 5.69 Å². The number of rotatable bonds is 3. The van der Waals surface area contributed by atoms with Gasteiger partial charge < -0.3 is 4.57 Å². The summed E-state index contributed by atoms with van der Waals surface area (Å²) in [6.45, 7) is 3.15. The summed E-state index contributed by atoms with van der Waals surface area (Å²) >= 11 is 0. The minimum atomic E-state index is 0.0201. The Morgan fingerprint density at radius 2 is 1.84 bits per heavy atom. The fourth-order valence-corrected chi connectivity index (χ4v) is 2.42. The molecule has 0 bridgehead atoms. The molecule has 1 aromatic carbocycles. The average molecular weight is 256 g/mol. The van der Waals surface area contributed by atoms with Crippen LogP contribution in [0.2, 0.25) is 0 Å². The molecule has 0 aliphatic rings. The van der Waals surface area contributed by atoms with Gasteiger partial charge in [-0.25, -0.2) is 9.78 Å². The second-order valence-electron chi connectivity index (χ2n) is 4.56. The Labute approximate surface area is 110 Å². The van der Waals surface area contributed by atoms with Crippen LogP contribution in [0.5, 0.6) is 0 Å². The van der Waals surface area contributed by atoms with Gasteiger partial charge in [0.2, 0.25) is 0 Å². The summed E-state index contributed by atoms with van der Waals surface area (Å²) in [4.78, 5) is 16.7. The van der Waals surface area contributed by atoms with Crippen LogP contribution < -0.4 is 5.69 Å². The first kappa shape index (κ1) is 11.8. The first-order valence-corrected chi connectivity index (χ1v) is 6.36. The van der Waals surface area contributed by atoms with E-state index in [1.165, 1.54) is 0 Å². The molecule has 5 nitrogen and oxygen atoms in total. The molecule has 0 aliphatic heterocycles. The summed E-state index contributed by atoms with van der Waals surface area (Å²) in [6, 6.07) is 7.87. The van der Waals surface area contributed by atoms with E-state index in [0.717, 1.165) is 16.9 Å². The maximum absolute atomic E-state index is 12.4. The van der Waals surface area contributed by atoms with E-state index in [-0.39, 0.29) is 5.69 Å². The lowest BCUT2D eigenvalue weighted by Gasteiger charge is -2.03. The lowest BCUT2D eigenvalue weighted by atomic mass is 10.3. The maximum Gasteiger partial charge on any atom is 0.329 e. The first-order valence-electron chi connectivity index (χ1n) is 6.36. The fraction of sp³-hybridized carbons (Fsp3) is 0.286. The predicted molar refractivity (Wildman–Crippen MR) is 74.2 cm³/mol. The molecular weight excluding hydrogens is 240 g/mol. The number of aromatic nitrogens is 4. The monoisotopic (exact) mass is 256 g/mol. The van der Waals surface area contributed by atoms with E-state index in [9.17, 15) is 4.79 Å². The number of nitrogens with zero attached hydrogens (tertiary/aromatic N) is 4. The minimum absolute atomic E-state index is 0.0201. The smallest absolute Gasteiger partial charge is 0.329 e. The van der Waals surface area contributed by atoms with E-state index in [2.05, 4.69) is 4.98 Å². The molecule has 0 radical (unpaired) electrons. The molecule has 0 N–H and O–H groups in total. The van der Waals surface area contributed by atoms with Crippen LogP contribution in [0.1, 0.15) is 12.7 Å². The van der Waals surface area contributed by atoms with E-state index < -0.39 is 0 Å². The van der Waals surface area contributed by atoms with Crippen molar-refractivity contribution in [3.8, 4) is 0 Å². The molecule has 2 aromatic heterocycles. The standard InChI is InChI=1S/C14H16N4O/c1-3-17-11-6-4-5-7-12(11)18(14(17)19)10-13-15-8-9-16(13)2/h4-9H,3,10H2,1-2H3. The molecule has 0 fully saturated rings. The van der Waals surface area contributed by atoms with Crippen LogP contribution >= 0.6 is 0 Å². The number of fused-ring (bicyclic) bond motifs is 1. The number of aryl methyl sites for hydroxylation is 2. The van der Waals surface area contributed by atoms with Crippen LogP contribution in [0, 0.1) is 0 Å². The highest BCUT2D eigenvalue weighted by atomic mass is 16.1. The van der Waals surface area contributed by atoms with Crippen molar-refractivity contribution in [3.05, 3.63) is 53.0 Å². The molecule has 5 heteroatoms. The minimum Gasteiger partial charge on any atom is -0.337 e. The van der Waals surface area contributed by atoms with Crippen molar-refractivity contribution in [2.75, 3.05) is 0 Å². The molecule has 0 spiro atoms. The molecule has 19 heavy (non-hydrogen) atoms. The molecule has 3 rings (SSSR count). The summed E-state index contributed by atoms with van der Waals surface area (Å²) in [6.07, 6.45) is 3.64. The Bertz CT molecular complexity index is 778. The fourth-order valence-electron chi connectivity index (χ4n) is 2.42. The summed E-state index contributed by atoms with van der Waals surface area (Å²) in [7, 11) is 1.94. The highest BCUT2D eigenvalue weighted by Gasteiger charge is 2.13. The zero-order valence-corrected chi connectivity index (χ0v) is 11.1. The highest BCUT2D eigenvalue weighted by Crippen LogP contribution is 2.13. The lowest BCUT2D eigenvalue weighted by Crippen LogP contribution is -2.25. The zero-order chi connectivity index (χ0) is 13.4. The molecular formula is C14H16N4O. The Hall–Kier alpha value is -2.30. The largest absolute Gasteiger partial charge is 0.337 e. The lowest BCUT2D eigenvalue weighted by molar-refractivity contribution is 0.650. The van der Waals surface area contributed by atoms with Gasteiger partial charge in [0.05, 0.1) is 17.6 Å². The number of hydrogen-bond donors (Lipinski definition) is 0. The summed E-state index contributed by atoms with van der Waals surface area (Å²) in [5, 5.41) is 0. The molecule has 0 saturated heterocycles. The maximum atomic E-state index is 12.4. The van der Waals surface area contributed by atoms with Gasteiger partial charge in [-0.1, -0.05) is 12.1 Å². The third kappa shape index (κ3) is 1.78. The highest BCUT2D eigenvalue weighted by molar-refractivity contribution is 5.76. The van der Waals surface area contributed by atoms with Gasteiger partial charge in [-0.2, -0.15) is 0 Å². The Kier molecular flexibility index (Phi) is 2.74. The normalized spacial score (nSPS) is 11.3. The molecule has 2 heterocycles. The summed E-state index contributed by atoms with van der Waals surface area (Å²) < 4.78 is 5.50. The predicted octanol–water partition coefficient (Wildman–Crippen LogP) is 1.60. The number of benzene rings is 1. The number of imidazole rings is 2. The van der Waals surface area contributed by atoms with Crippen molar-refractivity contribution in [2.45, 2.75) is 20.0 Å². The van der Waals surface area contributed by atoms with Crippen molar-refractivity contribution in [1.29, 1.82) is 0 Å². The van der Waals surface area contributed by atoms with E-state index in [4.69, 9.17) is 0 Å². The van der Waals surface area contributed by atoms with Gasteiger partial charge in [0.1, 0.15) is 5.82 Å². The first-order chi connectivity index (χ1) is 9.22. The molecule has 0 aliphatic carbocycles. The molecule has 0 amide bonds. The quantitative estimate of drug-likeness (QED) is 0.714. The van der Waals surface area contributed by atoms with Crippen molar-refractivity contribution >= 4 is 11.0 Å². The van der Waals surface area contributed by atoms with Crippen molar-refractivity contribution < 1.29 is 0 Å².